The molecule has 0 saturated carbocycles. The number of anilines is 1. The SMILES string of the molecule is O=C1CN(c2cc(Cl)nc3ncnn23)CCCN1. The van der Waals surface area contributed by atoms with E-state index in [2.05, 4.69) is 20.4 Å². The molecular formula is C10H11ClN6O. The van der Waals surface area contributed by atoms with Crippen molar-refractivity contribution in [1.82, 2.24) is 24.9 Å². The van der Waals surface area contributed by atoms with E-state index in [1.54, 1.807) is 10.6 Å². The number of rotatable bonds is 1. The van der Waals surface area contributed by atoms with Gasteiger partial charge < -0.3 is 10.2 Å². The van der Waals surface area contributed by atoms with E-state index in [0.29, 0.717) is 17.5 Å². The number of carbonyl (C=O) groups excluding carboxylic acids is 1. The molecule has 0 spiro atoms. The van der Waals surface area contributed by atoms with Gasteiger partial charge in [0, 0.05) is 19.2 Å². The van der Waals surface area contributed by atoms with Gasteiger partial charge in [-0.1, -0.05) is 11.6 Å². The van der Waals surface area contributed by atoms with E-state index in [1.165, 1.54) is 6.33 Å². The Hall–Kier alpha value is -1.89. The zero-order valence-corrected chi connectivity index (χ0v) is 10.3. The summed E-state index contributed by atoms with van der Waals surface area (Å²) in [5, 5.41) is 7.27. The number of nitrogens with zero attached hydrogens (tertiary/aromatic N) is 5. The first-order valence-corrected chi connectivity index (χ1v) is 6.00. The first-order valence-electron chi connectivity index (χ1n) is 5.62. The topological polar surface area (TPSA) is 75.4 Å². The third-order valence-electron chi connectivity index (χ3n) is 2.79. The van der Waals surface area contributed by atoms with Crippen LogP contribution < -0.4 is 10.2 Å². The third kappa shape index (κ3) is 1.97. The van der Waals surface area contributed by atoms with Crippen molar-refractivity contribution in [2.24, 2.45) is 0 Å². The van der Waals surface area contributed by atoms with Gasteiger partial charge in [-0.3, -0.25) is 4.79 Å². The van der Waals surface area contributed by atoms with Crippen LogP contribution in [0.25, 0.3) is 5.78 Å². The Morgan fingerprint density at radius 2 is 2.33 bits per heavy atom. The lowest BCUT2D eigenvalue weighted by molar-refractivity contribution is -0.119. The lowest BCUT2D eigenvalue weighted by Gasteiger charge is -2.21. The van der Waals surface area contributed by atoms with E-state index in [-0.39, 0.29) is 12.5 Å². The molecule has 1 saturated heterocycles. The molecule has 2 aromatic rings. The van der Waals surface area contributed by atoms with Crippen molar-refractivity contribution < 1.29 is 4.79 Å². The number of carbonyl (C=O) groups is 1. The number of aromatic nitrogens is 4. The molecule has 1 aliphatic rings. The van der Waals surface area contributed by atoms with Gasteiger partial charge in [0.15, 0.2) is 0 Å². The largest absolute Gasteiger partial charge is 0.354 e. The van der Waals surface area contributed by atoms with Gasteiger partial charge in [0.05, 0.1) is 6.54 Å². The lowest BCUT2D eigenvalue weighted by atomic mass is 10.4. The predicted molar refractivity (Wildman–Crippen MR) is 65.6 cm³/mol. The van der Waals surface area contributed by atoms with Crippen molar-refractivity contribution in [1.29, 1.82) is 0 Å². The summed E-state index contributed by atoms with van der Waals surface area (Å²) < 4.78 is 1.59. The fraction of sp³-hybridized carbons (Fsp3) is 0.400. The first kappa shape index (κ1) is 11.2. The fourth-order valence-electron chi connectivity index (χ4n) is 2.00. The molecule has 94 valence electrons. The quantitative estimate of drug-likeness (QED) is 0.741. The van der Waals surface area contributed by atoms with E-state index in [0.717, 1.165) is 18.8 Å². The summed E-state index contributed by atoms with van der Waals surface area (Å²) in [6, 6.07) is 1.70. The number of hydrogen-bond donors (Lipinski definition) is 1. The van der Waals surface area contributed by atoms with Crippen LogP contribution >= 0.6 is 11.6 Å². The molecule has 3 heterocycles. The molecule has 8 heteroatoms. The Bertz CT molecular complexity index is 597. The average molecular weight is 267 g/mol. The summed E-state index contributed by atoms with van der Waals surface area (Å²) in [7, 11) is 0. The Morgan fingerprint density at radius 1 is 1.44 bits per heavy atom. The van der Waals surface area contributed by atoms with Crippen molar-refractivity contribution in [3.63, 3.8) is 0 Å². The van der Waals surface area contributed by atoms with Gasteiger partial charge in [0.25, 0.3) is 5.78 Å². The van der Waals surface area contributed by atoms with Crippen molar-refractivity contribution in [2.75, 3.05) is 24.5 Å². The van der Waals surface area contributed by atoms with E-state index in [1.807, 2.05) is 4.90 Å². The summed E-state index contributed by atoms with van der Waals surface area (Å²) in [4.78, 5) is 21.6. The highest BCUT2D eigenvalue weighted by Gasteiger charge is 2.19. The molecule has 1 amide bonds. The minimum Gasteiger partial charge on any atom is -0.354 e. The molecule has 0 aliphatic carbocycles. The van der Waals surface area contributed by atoms with Gasteiger partial charge in [0.1, 0.15) is 17.3 Å². The summed E-state index contributed by atoms with van der Waals surface area (Å²) >= 11 is 5.96. The Kier molecular flexibility index (Phi) is 2.75. The summed E-state index contributed by atoms with van der Waals surface area (Å²) in [5.41, 5.74) is 0. The standard InChI is InChI=1S/C10H11ClN6O/c11-7-4-9(17-10(15-7)13-6-14-17)16-3-1-2-12-8(18)5-16/h4,6H,1-3,5H2,(H,12,18). The maximum Gasteiger partial charge on any atom is 0.255 e. The van der Waals surface area contributed by atoms with Crippen LogP contribution in [0.3, 0.4) is 0 Å². The first-order chi connectivity index (χ1) is 8.74. The van der Waals surface area contributed by atoms with E-state index < -0.39 is 0 Å². The molecule has 7 nitrogen and oxygen atoms in total. The van der Waals surface area contributed by atoms with Crippen molar-refractivity contribution in [2.45, 2.75) is 6.42 Å². The number of amides is 1. The molecule has 1 fully saturated rings. The second-order valence-electron chi connectivity index (χ2n) is 4.03. The van der Waals surface area contributed by atoms with E-state index >= 15 is 0 Å². The van der Waals surface area contributed by atoms with Gasteiger partial charge in [-0.2, -0.15) is 19.6 Å². The number of hydrogen-bond acceptors (Lipinski definition) is 5. The van der Waals surface area contributed by atoms with Crippen LogP contribution in [-0.2, 0) is 4.79 Å². The molecule has 1 N–H and O–H groups in total. The predicted octanol–water partition coefficient (Wildman–Crippen LogP) is 0.104. The normalized spacial score (nSPS) is 16.7. The summed E-state index contributed by atoms with van der Waals surface area (Å²) in [5.74, 6) is 1.16. The Morgan fingerprint density at radius 3 is 3.22 bits per heavy atom. The summed E-state index contributed by atoms with van der Waals surface area (Å²) in [6.07, 6.45) is 2.29. The molecule has 3 rings (SSSR count). The second-order valence-corrected chi connectivity index (χ2v) is 4.42. The minimum absolute atomic E-state index is 0.00583. The second kappa shape index (κ2) is 4.41. The van der Waals surface area contributed by atoms with Crippen LogP contribution in [0.2, 0.25) is 5.15 Å². The van der Waals surface area contributed by atoms with Crippen LogP contribution in [0.5, 0.6) is 0 Å². The third-order valence-corrected chi connectivity index (χ3v) is 2.98. The van der Waals surface area contributed by atoms with Crippen molar-refractivity contribution >= 4 is 29.1 Å². The molecule has 0 radical (unpaired) electrons. The lowest BCUT2D eigenvalue weighted by Crippen LogP contribution is -2.34. The molecule has 18 heavy (non-hydrogen) atoms. The molecule has 0 unspecified atom stereocenters. The number of fused-ring (bicyclic) bond motifs is 1. The smallest absolute Gasteiger partial charge is 0.255 e. The molecule has 2 aromatic heterocycles. The maximum absolute atomic E-state index is 11.6. The number of nitrogens with one attached hydrogen (secondary N) is 1. The Balaban J connectivity index is 2.06. The minimum atomic E-state index is -0.00583. The molecule has 0 atom stereocenters. The highest BCUT2D eigenvalue weighted by Crippen LogP contribution is 2.19. The van der Waals surface area contributed by atoms with Gasteiger partial charge in [0.2, 0.25) is 5.91 Å². The van der Waals surface area contributed by atoms with Crippen molar-refractivity contribution in [3.05, 3.63) is 17.5 Å². The average Bonchev–Trinajstić information content (AvgIpc) is 2.69. The molecule has 0 bridgehead atoms. The molecule has 0 aromatic carbocycles. The highest BCUT2D eigenvalue weighted by molar-refractivity contribution is 6.29. The van der Waals surface area contributed by atoms with Crippen LogP contribution in [-0.4, -0.2) is 45.1 Å². The fourth-order valence-corrected chi connectivity index (χ4v) is 2.17. The maximum atomic E-state index is 11.6. The van der Waals surface area contributed by atoms with Crippen LogP contribution in [0.1, 0.15) is 6.42 Å². The van der Waals surface area contributed by atoms with Crippen LogP contribution in [0, 0.1) is 0 Å². The Labute approximate surface area is 108 Å². The zero-order chi connectivity index (χ0) is 12.5. The van der Waals surface area contributed by atoms with Gasteiger partial charge in [-0.15, -0.1) is 0 Å². The van der Waals surface area contributed by atoms with Gasteiger partial charge >= 0.3 is 0 Å². The molecular weight excluding hydrogens is 256 g/mol. The van der Waals surface area contributed by atoms with Gasteiger partial charge in [-0.05, 0) is 6.42 Å². The summed E-state index contributed by atoms with van der Waals surface area (Å²) in [6.45, 7) is 1.73. The van der Waals surface area contributed by atoms with Crippen LogP contribution in [0.15, 0.2) is 12.4 Å². The number of halogens is 1. The zero-order valence-electron chi connectivity index (χ0n) is 9.51. The highest BCUT2D eigenvalue weighted by atomic mass is 35.5. The monoisotopic (exact) mass is 266 g/mol. The molecule has 1 aliphatic heterocycles. The van der Waals surface area contributed by atoms with Crippen molar-refractivity contribution in [3.8, 4) is 0 Å². The van der Waals surface area contributed by atoms with E-state index in [4.69, 9.17) is 11.6 Å². The van der Waals surface area contributed by atoms with E-state index in [9.17, 15) is 4.79 Å². The van der Waals surface area contributed by atoms with Crippen LogP contribution in [0.4, 0.5) is 5.82 Å². The van der Waals surface area contributed by atoms with Gasteiger partial charge in [-0.25, -0.2) is 0 Å².